The fraction of sp³-hybridized carbons (Fsp3) is 0.125. The molecule has 0 amide bonds. The molecule has 0 unspecified atom stereocenters. The van der Waals surface area contributed by atoms with E-state index in [2.05, 4.69) is 0 Å². The Morgan fingerprint density at radius 3 is 2.00 bits per heavy atom. The molecule has 2 rings (SSSR count). The molecule has 108 valence electrons. The summed E-state index contributed by atoms with van der Waals surface area (Å²) in [5.41, 5.74) is 1.65. The highest BCUT2D eigenvalue weighted by molar-refractivity contribution is 6.42. The molecule has 3 nitrogen and oxygen atoms in total. The zero-order valence-corrected chi connectivity index (χ0v) is 12.9. The molecule has 0 radical (unpaired) electrons. The lowest BCUT2D eigenvalue weighted by molar-refractivity contribution is 0.0692. The van der Waals surface area contributed by atoms with E-state index in [9.17, 15) is 14.7 Å². The van der Waals surface area contributed by atoms with E-state index in [1.54, 1.807) is 26.0 Å². The molecule has 2 aromatic carbocycles. The number of carboxylic acids is 1. The molecule has 0 saturated carbocycles. The van der Waals surface area contributed by atoms with Gasteiger partial charge in [0.1, 0.15) is 0 Å². The summed E-state index contributed by atoms with van der Waals surface area (Å²) in [7, 11) is 0. The van der Waals surface area contributed by atoms with Crippen molar-refractivity contribution in [3.63, 3.8) is 0 Å². The van der Waals surface area contributed by atoms with Gasteiger partial charge < -0.3 is 5.11 Å². The number of carbonyl (C=O) groups excluding carboxylic acids is 1. The maximum atomic E-state index is 12.6. The van der Waals surface area contributed by atoms with Crippen molar-refractivity contribution < 1.29 is 14.7 Å². The smallest absolute Gasteiger partial charge is 0.336 e. The molecule has 1 N–H and O–H groups in total. The van der Waals surface area contributed by atoms with E-state index in [1.165, 1.54) is 18.2 Å². The molecule has 0 atom stereocenters. The first-order valence-corrected chi connectivity index (χ1v) is 6.91. The Morgan fingerprint density at radius 2 is 1.48 bits per heavy atom. The lowest BCUT2D eigenvalue weighted by Crippen LogP contribution is -2.13. The molecule has 0 fully saturated rings. The lowest BCUT2D eigenvalue weighted by Gasteiger charge is -2.12. The summed E-state index contributed by atoms with van der Waals surface area (Å²) in [6.07, 6.45) is 0. The van der Waals surface area contributed by atoms with Gasteiger partial charge in [-0.3, -0.25) is 4.79 Å². The van der Waals surface area contributed by atoms with Crippen molar-refractivity contribution in [2.24, 2.45) is 0 Å². The van der Waals surface area contributed by atoms with Crippen molar-refractivity contribution in [3.05, 3.63) is 68.2 Å². The van der Waals surface area contributed by atoms with Gasteiger partial charge in [0.05, 0.1) is 15.6 Å². The van der Waals surface area contributed by atoms with Gasteiger partial charge in [-0.15, -0.1) is 0 Å². The summed E-state index contributed by atoms with van der Waals surface area (Å²) in [6.45, 7) is 3.37. The Hall–Kier alpha value is -1.84. The summed E-state index contributed by atoms with van der Waals surface area (Å²) in [6, 6.07) is 7.91. The van der Waals surface area contributed by atoms with Crippen molar-refractivity contribution in [1.82, 2.24) is 0 Å². The van der Waals surface area contributed by atoms with Crippen LogP contribution in [0, 0.1) is 13.8 Å². The Kier molecular flexibility index (Phi) is 4.35. The number of benzene rings is 2. The van der Waals surface area contributed by atoms with Crippen LogP contribution in [0.1, 0.15) is 37.4 Å². The van der Waals surface area contributed by atoms with Crippen LogP contribution in [0.25, 0.3) is 0 Å². The van der Waals surface area contributed by atoms with Crippen molar-refractivity contribution in [2.75, 3.05) is 0 Å². The van der Waals surface area contributed by atoms with Crippen molar-refractivity contribution in [3.8, 4) is 0 Å². The van der Waals surface area contributed by atoms with E-state index in [0.29, 0.717) is 21.7 Å². The molecular formula is C16H12Cl2O3. The van der Waals surface area contributed by atoms with Gasteiger partial charge in [-0.25, -0.2) is 4.79 Å². The number of aromatic carboxylic acids is 1. The Morgan fingerprint density at radius 1 is 0.905 bits per heavy atom. The number of ketones is 1. The Bertz CT molecular complexity index is 751. The highest BCUT2D eigenvalue weighted by Gasteiger charge is 2.22. The summed E-state index contributed by atoms with van der Waals surface area (Å²) in [5.74, 6) is -1.51. The van der Waals surface area contributed by atoms with Crippen LogP contribution in [0.3, 0.4) is 0 Å². The van der Waals surface area contributed by atoms with Gasteiger partial charge in [-0.05, 0) is 43.2 Å². The number of carbonyl (C=O) groups is 2. The largest absolute Gasteiger partial charge is 0.478 e. The van der Waals surface area contributed by atoms with Crippen LogP contribution in [0.2, 0.25) is 10.0 Å². The molecule has 0 saturated heterocycles. The highest BCUT2D eigenvalue weighted by Crippen LogP contribution is 2.27. The average Bonchev–Trinajstić information content (AvgIpc) is 2.43. The van der Waals surface area contributed by atoms with E-state index in [4.69, 9.17) is 23.2 Å². The molecule has 0 aliphatic rings. The molecule has 5 heteroatoms. The van der Waals surface area contributed by atoms with Crippen LogP contribution in [0.15, 0.2) is 30.3 Å². The van der Waals surface area contributed by atoms with Crippen LogP contribution in [-0.2, 0) is 0 Å². The molecule has 0 spiro atoms. The van der Waals surface area contributed by atoms with Crippen LogP contribution >= 0.6 is 23.2 Å². The van der Waals surface area contributed by atoms with Crippen LogP contribution in [-0.4, -0.2) is 16.9 Å². The van der Waals surface area contributed by atoms with Crippen molar-refractivity contribution >= 4 is 35.0 Å². The normalized spacial score (nSPS) is 10.5. The minimum atomic E-state index is -1.13. The molecule has 0 heterocycles. The van der Waals surface area contributed by atoms with E-state index >= 15 is 0 Å². The van der Waals surface area contributed by atoms with Crippen molar-refractivity contribution in [1.29, 1.82) is 0 Å². The summed E-state index contributed by atoms with van der Waals surface area (Å²) in [4.78, 5) is 24.1. The average molecular weight is 323 g/mol. The third kappa shape index (κ3) is 2.94. The SMILES string of the molecule is Cc1ccc(C)c(C(=O)c2ccc(Cl)c(Cl)c2)c1C(=O)O. The lowest BCUT2D eigenvalue weighted by atomic mass is 9.91. The number of halogens is 2. The number of aryl methyl sites for hydroxylation is 2. The molecule has 0 aliphatic carbocycles. The predicted molar refractivity (Wildman–Crippen MR) is 82.8 cm³/mol. The Balaban J connectivity index is 2.65. The second kappa shape index (κ2) is 5.88. The zero-order chi connectivity index (χ0) is 15.7. The topological polar surface area (TPSA) is 54.4 Å². The molecule has 0 aromatic heterocycles. The van der Waals surface area contributed by atoms with Crippen LogP contribution < -0.4 is 0 Å². The third-order valence-electron chi connectivity index (χ3n) is 3.24. The van der Waals surface area contributed by atoms with E-state index in [-0.39, 0.29) is 21.9 Å². The number of rotatable bonds is 3. The fourth-order valence-electron chi connectivity index (χ4n) is 2.16. The predicted octanol–water partition coefficient (Wildman–Crippen LogP) is 4.54. The van der Waals surface area contributed by atoms with Gasteiger partial charge in [0.25, 0.3) is 0 Å². The van der Waals surface area contributed by atoms with E-state index in [0.717, 1.165) is 0 Å². The summed E-state index contributed by atoms with van der Waals surface area (Å²) >= 11 is 11.8. The first-order valence-electron chi connectivity index (χ1n) is 6.16. The van der Waals surface area contributed by atoms with Gasteiger partial charge in [-0.1, -0.05) is 35.3 Å². The maximum absolute atomic E-state index is 12.6. The highest BCUT2D eigenvalue weighted by atomic mass is 35.5. The second-order valence-electron chi connectivity index (χ2n) is 4.71. The molecule has 21 heavy (non-hydrogen) atoms. The maximum Gasteiger partial charge on any atom is 0.336 e. The third-order valence-corrected chi connectivity index (χ3v) is 3.98. The quantitative estimate of drug-likeness (QED) is 0.844. The van der Waals surface area contributed by atoms with Gasteiger partial charge in [0, 0.05) is 11.1 Å². The number of hydrogen-bond donors (Lipinski definition) is 1. The molecule has 0 bridgehead atoms. The van der Waals surface area contributed by atoms with E-state index in [1.807, 2.05) is 0 Å². The Labute approximate surface area is 132 Å². The summed E-state index contributed by atoms with van der Waals surface area (Å²) in [5, 5.41) is 9.96. The monoisotopic (exact) mass is 322 g/mol. The zero-order valence-electron chi connectivity index (χ0n) is 11.4. The van der Waals surface area contributed by atoms with Crippen LogP contribution in [0.5, 0.6) is 0 Å². The van der Waals surface area contributed by atoms with E-state index < -0.39 is 5.97 Å². The second-order valence-corrected chi connectivity index (χ2v) is 5.53. The van der Waals surface area contributed by atoms with Gasteiger partial charge in [-0.2, -0.15) is 0 Å². The molecule has 2 aromatic rings. The molecular weight excluding hydrogens is 311 g/mol. The number of hydrogen-bond acceptors (Lipinski definition) is 2. The minimum absolute atomic E-state index is 0.0195. The first-order chi connectivity index (χ1) is 9.82. The summed E-state index contributed by atoms with van der Waals surface area (Å²) < 4.78 is 0. The molecule has 0 aliphatic heterocycles. The fourth-order valence-corrected chi connectivity index (χ4v) is 2.46. The standard InChI is InChI=1S/C16H12Cl2O3/c1-8-3-4-9(2)14(16(20)21)13(8)15(19)10-5-6-11(17)12(18)7-10/h3-7H,1-2H3,(H,20,21). The van der Waals surface area contributed by atoms with Crippen molar-refractivity contribution in [2.45, 2.75) is 13.8 Å². The van der Waals surface area contributed by atoms with Crippen LogP contribution in [0.4, 0.5) is 0 Å². The van der Waals surface area contributed by atoms with Gasteiger partial charge in [0.15, 0.2) is 5.78 Å². The van der Waals surface area contributed by atoms with Gasteiger partial charge >= 0.3 is 5.97 Å². The first kappa shape index (κ1) is 15.5. The minimum Gasteiger partial charge on any atom is -0.478 e. The van der Waals surface area contributed by atoms with Gasteiger partial charge in [0.2, 0.25) is 0 Å². The number of carboxylic acid groups (broad SMARTS) is 1.